The number of nitrogens with one attached hydrogen (secondary N) is 1. The Bertz CT molecular complexity index is 438. The SMILES string of the molecule is O=C(CCc1ccccc1)NC1(C(=O)O)CCC1. The van der Waals surface area contributed by atoms with E-state index in [2.05, 4.69) is 5.32 Å². The molecule has 2 rings (SSSR count). The fourth-order valence-electron chi connectivity index (χ4n) is 2.15. The number of benzene rings is 1. The van der Waals surface area contributed by atoms with Crippen LogP contribution in [-0.2, 0) is 16.0 Å². The van der Waals surface area contributed by atoms with Crippen molar-refractivity contribution in [1.82, 2.24) is 5.32 Å². The molecule has 96 valence electrons. The molecule has 0 bridgehead atoms. The van der Waals surface area contributed by atoms with Gasteiger partial charge < -0.3 is 10.4 Å². The van der Waals surface area contributed by atoms with Crippen LogP contribution >= 0.6 is 0 Å². The zero-order valence-corrected chi connectivity index (χ0v) is 10.2. The van der Waals surface area contributed by atoms with E-state index in [0.29, 0.717) is 25.7 Å². The molecule has 0 aliphatic heterocycles. The lowest BCUT2D eigenvalue weighted by Crippen LogP contribution is -2.59. The molecule has 0 saturated heterocycles. The average molecular weight is 247 g/mol. The minimum Gasteiger partial charge on any atom is -0.480 e. The number of amides is 1. The molecule has 1 aromatic rings. The van der Waals surface area contributed by atoms with Crippen molar-refractivity contribution in [2.24, 2.45) is 0 Å². The summed E-state index contributed by atoms with van der Waals surface area (Å²) in [6, 6.07) is 9.71. The molecule has 1 saturated carbocycles. The standard InChI is InChI=1S/C14H17NO3/c16-12(8-7-11-5-2-1-3-6-11)15-14(13(17)18)9-4-10-14/h1-3,5-6H,4,7-10H2,(H,15,16)(H,17,18). The van der Waals surface area contributed by atoms with E-state index in [0.717, 1.165) is 12.0 Å². The number of aliphatic carboxylic acids is 1. The number of carbonyl (C=O) groups is 2. The van der Waals surface area contributed by atoms with E-state index in [1.54, 1.807) is 0 Å². The fraction of sp³-hybridized carbons (Fsp3) is 0.429. The van der Waals surface area contributed by atoms with E-state index in [1.165, 1.54) is 0 Å². The van der Waals surface area contributed by atoms with Crippen LogP contribution in [0.25, 0.3) is 0 Å². The van der Waals surface area contributed by atoms with Gasteiger partial charge in [-0.3, -0.25) is 4.79 Å². The first kappa shape index (κ1) is 12.6. The molecule has 0 radical (unpaired) electrons. The number of carbonyl (C=O) groups excluding carboxylic acids is 1. The molecule has 1 aromatic carbocycles. The summed E-state index contributed by atoms with van der Waals surface area (Å²) >= 11 is 0. The summed E-state index contributed by atoms with van der Waals surface area (Å²) in [4.78, 5) is 22.9. The second kappa shape index (κ2) is 5.21. The Morgan fingerprint density at radius 2 is 1.89 bits per heavy atom. The van der Waals surface area contributed by atoms with Crippen molar-refractivity contribution in [3.8, 4) is 0 Å². The van der Waals surface area contributed by atoms with Crippen LogP contribution in [-0.4, -0.2) is 22.5 Å². The first-order valence-electron chi connectivity index (χ1n) is 6.21. The molecule has 0 spiro atoms. The van der Waals surface area contributed by atoms with Crippen molar-refractivity contribution in [3.05, 3.63) is 35.9 Å². The van der Waals surface area contributed by atoms with Gasteiger partial charge in [-0.2, -0.15) is 0 Å². The number of carboxylic acids is 1. The van der Waals surface area contributed by atoms with Crippen molar-refractivity contribution in [2.75, 3.05) is 0 Å². The fourth-order valence-corrected chi connectivity index (χ4v) is 2.15. The molecule has 1 aliphatic carbocycles. The van der Waals surface area contributed by atoms with Crippen molar-refractivity contribution in [1.29, 1.82) is 0 Å². The van der Waals surface area contributed by atoms with Gasteiger partial charge in [-0.25, -0.2) is 4.79 Å². The van der Waals surface area contributed by atoms with Gasteiger partial charge in [-0.15, -0.1) is 0 Å². The van der Waals surface area contributed by atoms with Gasteiger partial charge in [0.25, 0.3) is 0 Å². The molecule has 0 heterocycles. The van der Waals surface area contributed by atoms with E-state index in [1.807, 2.05) is 30.3 Å². The monoisotopic (exact) mass is 247 g/mol. The second-order valence-corrected chi connectivity index (χ2v) is 4.77. The van der Waals surface area contributed by atoms with Gasteiger partial charge in [0.15, 0.2) is 0 Å². The highest BCUT2D eigenvalue weighted by atomic mass is 16.4. The van der Waals surface area contributed by atoms with E-state index in [4.69, 9.17) is 5.11 Å². The molecule has 1 aliphatic rings. The number of hydrogen-bond donors (Lipinski definition) is 2. The summed E-state index contributed by atoms with van der Waals surface area (Å²) in [7, 11) is 0. The van der Waals surface area contributed by atoms with E-state index in [9.17, 15) is 9.59 Å². The smallest absolute Gasteiger partial charge is 0.329 e. The van der Waals surface area contributed by atoms with Crippen molar-refractivity contribution in [2.45, 2.75) is 37.6 Å². The maximum atomic E-state index is 11.8. The van der Waals surface area contributed by atoms with Crippen molar-refractivity contribution < 1.29 is 14.7 Å². The minimum absolute atomic E-state index is 0.180. The van der Waals surface area contributed by atoms with Crippen LogP contribution in [0.3, 0.4) is 0 Å². The highest BCUT2D eigenvalue weighted by Crippen LogP contribution is 2.32. The summed E-state index contributed by atoms with van der Waals surface area (Å²) in [6.45, 7) is 0. The quantitative estimate of drug-likeness (QED) is 0.833. The highest BCUT2D eigenvalue weighted by Gasteiger charge is 2.45. The molecule has 1 amide bonds. The van der Waals surface area contributed by atoms with E-state index in [-0.39, 0.29) is 5.91 Å². The predicted molar refractivity (Wildman–Crippen MR) is 67.1 cm³/mol. The maximum absolute atomic E-state index is 11.8. The average Bonchev–Trinajstić information content (AvgIpc) is 2.32. The number of hydrogen-bond acceptors (Lipinski definition) is 2. The van der Waals surface area contributed by atoms with Gasteiger partial charge in [0.05, 0.1) is 0 Å². The van der Waals surface area contributed by atoms with Gasteiger partial charge in [-0.1, -0.05) is 30.3 Å². The van der Waals surface area contributed by atoms with Crippen LogP contribution in [0.2, 0.25) is 0 Å². The first-order chi connectivity index (χ1) is 8.62. The normalized spacial score (nSPS) is 16.7. The molecule has 2 N–H and O–H groups in total. The third-order valence-electron chi connectivity index (χ3n) is 3.48. The third-order valence-corrected chi connectivity index (χ3v) is 3.48. The second-order valence-electron chi connectivity index (χ2n) is 4.77. The molecule has 4 nitrogen and oxygen atoms in total. The first-order valence-corrected chi connectivity index (χ1v) is 6.21. The largest absolute Gasteiger partial charge is 0.480 e. The number of aryl methyl sites for hydroxylation is 1. The lowest BCUT2D eigenvalue weighted by molar-refractivity contribution is -0.151. The molecule has 1 fully saturated rings. The molecule has 0 atom stereocenters. The lowest BCUT2D eigenvalue weighted by atomic mass is 9.76. The third kappa shape index (κ3) is 2.70. The van der Waals surface area contributed by atoms with Gasteiger partial charge in [0.2, 0.25) is 5.91 Å². The summed E-state index contributed by atoms with van der Waals surface area (Å²) in [6.07, 6.45) is 2.92. The van der Waals surface area contributed by atoms with Crippen LogP contribution in [0, 0.1) is 0 Å². The Morgan fingerprint density at radius 1 is 1.22 bits per heavy atom. The summed E-state index contributed by atoms with van der Waals surface area (Å²) in [5.74, 6) is -1.09. The van der Waals surface area contributed by atoms with Gasteiger partial charge >= 0.3 is 5.97 Å². The summed E-state index contributed by atoms with van der Waals surface area (Å²) in [5.41, 5.74) is 0.0963. The van der Waals surface area contributed by atoms with Crippen LogP contribution in [0.15, 0.2) is 30.3 Å². The zero-order chi connectivity index (χ0) is 13.0. The van der Waals surface area contributed by atoms with Gasteiger partial charge in [0, 0.05) is 6.42 Å². The van der Waals surface area contributed by atoms with Crippen LogP contribution in [0.1, 0.15) is 31.2 Å². The topological polar surface area (TPSA) is 66.4 Å². The van der Waals surface area contributed by atoms with Gasteiger partial charge in [-0.05, 0) is 31.2 Å². The Kier molecular flexibility index (Phi) is 3.65. The number of carboxylic acid groups (broad SMARTS) is 1. The van der Waals surface area contributed by atoms with Crippen LogP contribution < -0.4 is 5.32 Å². The van der Waals surface area contributed by atoms with E-state index < -0.39 is 11.5 Å². The minimum atomic E-state index is -0.992. The molecule has 0 aromatic heterocycles. The predicted octanol–water partition coefficient (Wildman–Crippen LogP) is 1.74. The van der Waals surface area contributed by atoms with Crippen LogP contribution in [0.5, 0.6) is 0 Å². The maximum Gasteiger partial charge on any atom is 0.329 e. The van der Waals surface area contributed by atoms with Crippen molar-refractivity contribution >= 4 is 11.9 Å². The number of rotatable bonds is 5. The van der Waals surface area contributed by atoms with E-state index >= 15 is 0 Å². The Balaban J connectivity index is 1.84. The molecular weight excluding hydrogens is 230 g/mol. The molecule has 0 unspecified atom stereocenters. The van der Waals surface area contributed by atoms with Gasteiger partial charge in [0.1, 0.15) is 5.54 Å². The molecule has 18 heavy (non-hydrogen) atoms. The Hall–Kier alpha value is -1.84. The molecule has 4 heteroatoms. The molecular formula is C14H17NO3. The summed E-state index contributed by atoms with van der Waals surface area (Å²) in [5, 5.41) is 11.8. The highest BCUT2D eigenvalue weighted by molar-refractivity contribution is 5.87. The van der Waals surface area contributed by atoms with Crippen molar-refractivity contribution in [3.63, 3.8) is 0 Å². The Labute approximate surface area is 106 Å². The van der Waals surface area contributed by atoms with Crippen LogP contribution in [0.4, 0.5) is 0 Å². The Morgan fingerprint density at radius 3 is 2.39 bits per heavy atom. The zero-order valence-electron chi connectivity index (χ0n) is 10.2. The lowest BCUT2D eigenvalue weighted by Gasteiger charge is -2.38. The summed E-state index contributed by atoms with van der Waals surface area (Å²) < 4.78 is 0.